The molecule has 0 fully saturated rings. The number of aromatic nitrogens is 1. The highest BCUT2D eigenvalue weighted by Crippen LogP contribution is 2.31. The summed E-state index contributed by atoms with van der Waals surface area (Å²) in [5, 5.41) is 4.53. The van der Waals surface area contributed by atoms with E-state index in [2.05, 4.69) is 38.0 Å². The fraction of sp³-hybridized carbons (Fsp3) is 0.769. The predicted octanol–water partition coefficient (Wildman–Crippen LogP) is 3.48. The van der Waals surface area contributed by atoms with E-state index >= 15 is 0 Å². The first kappa shape index (κ1) is 14.6. The molecule has 4 heteroatoms. The summed E-state index contributed by atoms with van der Waals surface area (Å²) in [6.07, 6.45) is 3.12. The van der Waals surface area contributed by atoms with Crippen LogP contribution >= 0.6 is 11.3 Å². The summed E-state index contributed by atoms with van der Waals surface area (Å²) in [4.78, 5) is 5.77. The van der Waals surface area contributed by atoms with Gasteiger partial charge in [0.25, 0.3) is 0 Å². The molecule has 1 rings (SSSR count). The third kappa shape index (κ3) is 4.05. The zero-order valence-corrected chi connectivity index (χ0v) is 12.4. The standard InChI is InChI=1S/C13H24N2OS/c1-6-8-14-10(3)11-9-15-12(17-11)13(4,5)16-7-2/h9-10,14H,6-8H2,1-5H3. The number of ether oxygens (including phenoxy) is 1. The van der Waals surface area contributed by atoms with Crippen molar-refractivity contribution in [3.8, 4) is 0 Å². The summed E-state index contributed by atoms with van der Waals surface area (Å²) in [5.74, 6) is 0. The Labute approximate surface area is 109 Å². The minimum absolute atomic E-state index is 0.276. The fourth-order valence-electron chi connectivity index (χ4n) is 1.65. The van der Waals surface area contributed by atoms with Gasteiger partial charge in [-0.15, -0.1) is 11.3 Å². The van der Waals surface area contributed by atoms with Gasteiger partial charge in [-0.05, 0) is 40.7 Å². The maximum Gasteiger partial charge on any atom is 0.124 e. The molecule has 0 saturated heterocycles. The third-order valence-electron chi connectivity index (χ3n) is 2.67. The first-order valence-corrected chi connectivity index (χ1v) is 7.16. The van der Waals surface area contributed by atoms with Gasteiger partial charge in [-0.1, -0.05) is 6.92 Å². The van der Waals surface area contributed by atoms with Crippen molar-refractivity contribution in [1.29, 1.82) is 0 Å². The zero-order valence-electron chi connectivity index (χ0n) is 11.5. The molecular weight excluding hydrogens is 232 g/mol. The Morgan fingerprint density at radius 1 is 1.47 bits per heavy atom. The first-order chi connectivity index (χ1) is 8.01. The van der Waals surface area contributed by atoms with Crippen LogP contribution < -0.4 is 5.32 Å². The second kappa shape index (κ2) is 6.47. The quantitative estimate of drug-likeness (QED) is 0.811. The van der Waals surface area contributed by atoms with E-state index < -0.39 is 0 Å². The zero-order chi connectivity index (χ0) is 12.9. The summed E-state index contributed by atoms with van der Waals surface area (Å²) in [7, 11) is 0. The molecule has 0 bridgehead atoms. The van der Waals surface area contributed by atoms with Gasteiger partial charge >= 0.3 is 0 Å². The van der Waals surface area contributed by atoms with Crippen LogP contribution in [0.1, 0.15) is 57.0 Å². The molecular formula is C13H24N2OS. The third-order valence-corrected chi connectivity index (χ3v) is 4.16. The molecule has 1 aromatic rings. The molecule has 3 nitrogen and oxygen atoms in total. The van der Waals surface area contributed by atoms with Gasteiger partial charge in [0, 0.05) is 23.7 Å². The molecule has 0 aliphatic carbocycles. The number of hydrogen-bond acceptors (Lipinski definition) is 4. The van der Waals surface area contributed by atoms with Crippen molar-refractivity contribution in [2.75, 3.05) is 13.2 Å². The number of nitrogens with zero attached hydrogens (tertiary/aromatic N) is 1. The lowest BCUT2D eigenvalue weighted by atomic mass is 10.1. The van der Waals surface area contributed by atoms with E-state index in [-0.39, 0.29) is 5.60 Å². The second-order valence-electron chi connectivity index (χ2n) is 4.69. The molecule has 1 aromatic heterocycles. The highest BCUT2D eigenvalue weighted by Gasteiger charge is 2.25. The molecule has 0 aliphatic heterocycles. The molecule has 0 spiro atoms. The maximum atomic E-state index is 5.72. The average Bonchev–Trinajstić information content (AvgIpc) is 2.75. The number of nitrogens with one attached hydrogen (secondary N) is 1. The summed E-state index contributed by atoms with van der Waals surface area (Å²) >= 11 is 1.74. The van der Waals surface area contributed by atoms with E-state index in [1.54, 1.807) is 11.3 Å². The van der Waals surface area contributed by atoms with Gasteiger partial charge in [-0.25, -0.2) is 4.98 Å². The van der Waals surface area contributed by atoms with Crippen LogP contribution in [0.15, 0.2) is 6.20 Å². The van der Waals surface area contributed by atoms with Crippen LogP contribution in [0.25, 0.3) is 0 Å². The van der Waals surface area contributed by atoms with Crippen LogP contribution in [-0.2, 0) is 10.3 Å². The monoisotopic (exact) mass is 256 g/mol. The number of thiazole rings is 1. The van der Waals surface area contributed by atoms with Crippen LogP contribution in [0.3, 0.4) is 0 Å². The van der Waals surface area contributed by atoms with E-state index in [0.717, 1.165) is 18.0 Å². The van der Waals surface area contributed by atoms with Crippen molar-refractivity contribution in [3.05, 3.63) is 16.1 Å². The van der Waals surface area contributed by atoms with Gasteiger partial charge in [0.05, 0.1) is 0 Å². The van der Waals surface area contributed by atoms with Crippen LogP contribution in [0.2, 0.25) is 0 Å². The van der Waals surface area contributed by atoms with Crippen molar-refractivity contribution >= 4 is 11.3 Å². The molecule has 0 aliphatic rings. The Morgan fingerprint density at radius 3 is 2.76 bits per heavy atom. The van der Waals surface area contributed by atoms with Gasteiger partial charge in [-0.3, -0.25) is 0 Å². The Balaban J connectivity index is 2.70. The molecule has 0 aromatic carbocycles. The average molecular weight is 256 g/mol. The Kier molecular flexibility index (Phi) is 5.56. The normalized spacial score (nSPS) is 13.9. The number of rotatable bonds is 7. The molecule has 1 unspecified atom stereocenters. The maximum absolute atomic E-state index is 5.72. The Morgan fingerprint density at radius 2 is 2.18 bits per heavy atom. The van der Waals surface area contributed by atoms with Gasteiger partial charge in [0.2, 0.25) is 0 Å². The van der Waals surface area contributed by atoms with E-state index in [1.165, 1.54) is 4.88 Å². The van der Waals surface area contributed by atoms with Crippen LogP contribution in [0, 0.1) is 0 Å². The molecule has 1 heterocycles. The summed E-state index contributed by atoms with van der Waals surface area (Å²) in [5.41, 5.74) is -0.276. The van der Waals surface area contributed by atoms with Gasteiger partial charge in [-0.2, -0.15) is 0 Å². The Bertz CT molecular complexity index is 336. The highest BCUT2D eigenvalue weighted by atomic mass is 32.1. The van der Waals surface area contributed by atoms with Gasteiger partial charge in [0.15, 0.2) is 0 Å². The molecule has 0 radical (unpaired) electrons. The van der Waals surface area contributed by atoms with Crippen LogP contribution in [-0.4, -0.2) is 18.1 Å². The molecule has 98 valence electrons. The summed E-state index contributed by atoms with van der Waals surface area (Å²) in [6.45, 7) is 12.3. The molecule has 0 amide bonds. The first-order valence-electron chi connectivity index (χ1n) is 6.34. The lowest BCUT2D eigenvalue weighted by Crippen LogP contribution is -2.21. The van der Waals surface area contributed by atoms with Crippen molar-refractivity contribution in [2.45, 2.75) is 52.7 Å². The second-order valence-corrected chi connectivity index (χ2v) is 5.75. The molecule has 1 N–H and O–H groups in total. The van der Waals surface area contributed by atoms with Gasteiger partial charge < -0.3 is 10.1 Å². The molecule has 17 heavy (non-hydrogen) atoms. The fourth-order valence-corrected chi connectivity index (χ4v) is 2.65. The SMILES string of the molecule is CCCNC(C)c1cnc(C(C)(C)OCC)s1. The Hall–Kier alpha value is -0.450. The van der Waals surface area contributed by atoms with Crippen LogP contribution in [0.5, 0.6) is 0 Å². The lowest BCUT2D eigenvalue weighted by molar-refractivity contribution is -0.0141. The number of hydrogen-bond donors (Lipinski definition) is 1. The topological polar surface area (TPSA) is 34.2 Å². The van der Waals surface area contributed by atoms with E-state index in [1.807, 2.05) is 13.1 Å². The summed E-state index contributed by atoms with van der Waals surface area (Å²) in [6, 6.07) is 0.374. The van der Waals surface area contributed by atoms with E-state index in [4.69, 9.17) is 4.74 Å². The van der Waals surface area contributed by atoms with Gasteiger partial charge in [0.1, 0.15) is 10.6 Å². The smallest absolute Gasteiger partial charge is 0.124 e. The van der Waals surface area contributed by atoms with Crippen molar-refractivity contribution in [1.82, 2.24) is 10.3 Å². The predicted molar refractivity (Wildman–Crippen MR) is 73.5 cm³/mol. The minimum Gasteiger partial charge on any atom is -0.369 e. The molecule has 0 saturated carbocycles. The lowest BCUT2D eigenvalue weighted by Gasteiger charge is -2.21. The van der Waals surface area contributed by atoms with E-state index in [9.17, 15) is 0 Å². The van der Waals surface area contributed by atoms with Crippen molar-refractivity contribution < 1.29 is 4.74 Å². The highest BCUT2D eigenvalue weighted by molar-refractivity contribution is 7.11. The minimum atomic E-state index is -0.276. The van der Waals surface area contributed by atoms with E-state index in [0.29, 0.717) is 12.6 Å². The largest absolute Gasteiger partial charge is 0.369 e. The van der Waals surface area contributed by atoms with Crippen molar-refractivity contribution in [3.63, 3.8) is 0 Å². The summed E-state index contributed by atoms with van der Waals surface area (Å²) < 4.78 is 5.72. The van der Waals surface area contributed by atoms with Crippen molar-refractivity contribution in [2.24, 2.45) is 0 Å². The molecule has 1 atom stereocenters. The van der Waals surface area contributed by atoms with Crippen LogP contribution in [0.4, 0.5) is 0 Å².